The van der Waals surface area contributed by atoms with Crippen LogP contribution in [-0.4, -0.2) is 19.0 Å². The average molecular weight is 237 g/mol. The van der Waals surface area contributed by atoms with Crippen molar-refractivity contribution in [3.8, 4) is 0 Å². The Balaban J connectivity index is 0.000000138. The standard InChI is InChI=1S/C9H9N.C7H6O/c1-2-4-9-7-10-6-5-8(9)3-1;8-6-7-4-2-1-3-5-7/h1-4,7H,5-6H2;1-6H. The van der Waals surface area contributed by atoms with Crippen molar-refractivity contribution in [3.63, 3.8) is 0 Å². The van der Waals surface area contributed by atoms with Crippen LogP contribution >= 0.6 is 0 Å². The van der Waals surface area contributed by atoms with E-state index in [9.17, 15) is 4.79 Å². The highest BCUT2D eigenvalue weighted by Gasteiger charge is 2.01. The lowest BCUT2D eigenvalue weighted by atomic mass is 10.0. The topological polar surface area (TPSA) is 29.4 Å². The Kier molecular flexibility index (Phi) is 4.42. The van der Waals surface area contributed by atoms with E-state index in [1.807, 2.05) is 24.4 Å². The Labute approximate surface area is 107 Å². The van der Waals surface area contributed by atoms with Crippen molar-refractivity contribution in [1.29, 1.82) is 0 Å². The van der Waals surface area contributed by atoms with Gasteiger partial charge in [0.2, 0.25) is 0 Å². The van der Waals surface area contributed by atoms with Crippen molar-refractivity contribution in [2.75, 3.05) is 6.54 Å². The average Bonchev–Trinajstić information content (AvgIpc) is 2.49. The van der Waals surface area contributed by atoms with Crippen LogP contribution in [0.15, 0.2) is 59.6 Å². The molecule has 90 valence electrons. The van der Waals surface area contributed by atoms with Crippen LogP contribution in [0, 0.1) is 0 Å². The van der Waals surface area contributed by atoms with Crippen LogP contribution in [0.4, 0.5) is 0 Å². The normalized spacial score (nSPS) is 12.0. The van der Waals surface area contributed by atoms with E-state index in [1.54, 1.807) is 12.1 Å². The largest absolute Gasteiger partial charge is 0.298 e. The Hall–Kier alpha value is -2.22. The molecule has 0 fully saturated rings. The predicted molar refractivity (Wildman–Crippen MR) is 74.4 cm³/mol. The molecule has 0 aliphatic carbocycles. The molecular formula is C16H15NO. The fourth-order valence-corrected chi connectivity index (χ4v) is 1.77. The minimum Gasteiger partial charge on any atom is -0.298 e. The van der Waals surface area contributed by atoms with Crippen molar-refractivity contribution in [2.45, 2.75) is 6.42 Å². The number of carbonyl (C=O) groups is 1. The van der Waals surface area contributed by atoms with Gasteiger partial charge in [-0.25, -0.2) is 0 Å². The molecule has 0 aromatic heterocycles. The van der Waals surface area contributed by atoms with E-state index >= 15 is 0 Å². The van der Waals surface area contributed by atoms with Crippen LogP contribution in [0.2, 0.25) is 0 Å². The monoisotopic (exact) mass is 237 g/mol. The van der Waals surface area contributed by atoms with Gasteiger partial charge in [0.05, 0.1) is 0 Å². The lowest BCUT2D eigenvalue weighted by Gasteiger charge is -2.07. The van der Waals surface area contributed by atoms with Gasteiger partial charge in [0, 0.05) is 18.3 Å². The van der Waals surface area contributed by atoms with Crippen LogP contribution < -0.4 is 0 Å². The maximum Gasteiger partial charge on any atom is 0.150 e. The van der Waals surface area contributed by atoms with Crippen molar-refractivity contribution < 1.29 is 4.79 Å². The molecule has 2 aromatic carbocycles. The molecule has 18 heavy (non-hydrogen) atoms. The van der Waals surface area contributed by atoms with Gasteiger partial charge in [0.15, 0.2) is 0 Å². The highest BCUT2D eigenvalue weighted by atomic mass is 16.1. The lowest BCUT2D eigenvalue weighted by molar-refractivity contribution is 0.112. The molecule has 1 heterocycles. The molecule has 0 unspecified atom stereocenters. The molecule has 2 aromatic rings. The number of hydrogen-bond donors (Lipinski definition) is 0. The third-order valence-corrected chi connectivity index (χ3v) is 2.73. The molecule has 2 heteroatoms. The summed E-state index contributed by atoms with van der Waals surface area (Å²) in [6, 6.07) is 17.5. The summed E-state index contributed by atoms with van der Waals surface area (Å²) in [5.74, 6) is 0. The Bertz CT molecular complexity index is 532. The zero-order valence-corrected chi connectivity index (χ0v) is 10.1. The number of aldehydes is 1. The van der Waals surface area contributed by atoms with Crippen LogP contribution in [0.1, 0.15) is 21.5 Å². The molecule has 0 saturated carbocycles. The summed E-state index contributed by atoms with van der Waals surface area (Å²) in [5, 5.41) is 0. The van der Waals surface area contributed by atoms with E-state index in [2.05, 4.69) is 29.3 Å². The minimum absolute atomic E-state index is 0.729. The zero-order chi connectivity index (χ0) is 12.6. The van der Waals surface area contributed by atoms with Crippen LogP contribution in [0.3, 0.4) is 0 Å². The first kappa shape index (κ1) is 12.2. The molecule has 0 bridgehead atoms. The smallest absolute Gasteiger partial charge is 0.150 e. The maximum atomic E-state index is 10.0. The highest BCUT2D eigenvalue weighted by Crippen LogP contribution is 2.10. The second-order valence-electron chi connectivity index (χ2n) is 4.01. The van der Waals surface area contributed by atoms with E-state index in [-0.39, 0.29) is 0 Å². The first-order valence-corrected chi connectivity index (χ1v) is 5.98. The Morgan fingerprint density at radius 1 is 0.944 bits per heavy atom. The predicted octanol–water partition coefficient (Wildman–Crippen LogP) is 3.16. The third kappa shape index (κ3) is 3.39. The summed E-state index contributed by atoms with van der Waals surface area (Å²) >= 11 is 0. The van der Waals surface area contributed by atoms with Crippen LogP contribution in [0.25, 0.3) is 0 Å². The van der Waals surface area contributed by atoms with E-state index in [0.717, 1.165) is 24.8 Å². The van der Waals surface area contributed by atoms with E-state index in [0.29, 0.717) is 0 Å². The number of nitrogens with zero attached hydrogens (tertiary/aromatic N) is 1. The van der Waals surface area contributed by atoms with Gasteiger partial charge in [-0.1, -0.05) is 54.6 Å². The van der Waals surface area contributed by atoms with E-state index < -0.39 is 0 Å². The summed E-state index contributed by atoms with van der Waals surface area (Å²) in [7, 11) is 0. The minimum atomic E-state index is 0.729. The SMILES string of the molecule is C1=NCCc2ccccc21.O=Cc1ccccc1. The van der Waals surface area contributed by atoms with Gasteiger partial charge in [-0.3, -0.25) is 9.79 Å². The van der Waals surface area contributed by atoms with E-state index in [1.165, 1.54) is 11.1 Å². The molecule has 0 radical (unpaired) electrons. The number of benzene rings is 2. The van der Waals surface area contributed by atoms with Gasteiger partial charge >= 0.3 is 0 Å². The molecule has 0 atom stereocenters. The number of rotatable bonds is 1. The number of hydrogen-bond acceptors (Lipinski definition) is 2. The quantitative estimate of drug-likeness (QED) is 0.700. The fraction of sp³-hybridized carbons (Fsp3) is 0.125. The van der Waals surface area contributed by atoms with Crippen LogP contribution in [0.5, 0.6) is 0 Å². The molecule has 1 aliphatic heterocycles. The second-order valence-corrected chi connectivity index (χ2v) is 4.01. The summed E-state index contributed by atoms with van der Waals surface area (Å²) in [6.07, 6.45) is 3.89. The third-order valence-electron chi connectivity index (χ3n) is 2.73. The number of fused-ring (bicyclic) bond motifs is 1. The summed E-state index contributed by atoms with van der Waals surface area (Å²) in [4.78, 5) is 14.2. The van der Waals surface area contributed by atoms with Crippen molar-refractivity contribution in [2.24, 2.45) is 4.99 Å². The second kappa shape index (κ2) is 6.50. The number of aliphatic imine (C=N–C) groups is 1. The van der Waals surface area contributed by atoms with E-state index in [4.69, 9.17) is 0 Å². The van der Waals surface area contributed by atoms with Gasteiger partial charge in [0.25, 0.3) is 0 Å². The van der Waals surface area contributed by atoms with Gasteiger partial charge in [0.1, 0.15) is 6.29 Å². The lowest BCUT2D eigenvalue weighted by Crippen LogP contribution is -2.01. The summed E-state index contributed by atoms with van der Waals surface area (Å²) in [5.41, 5.74) is 3.44. The first-order valence-electron chi connectivity index (χ1n) is 5.98. The molecule has 0 spiro atoms. The molecular weight excluding hydrogens is 222 g/mol. The van der Waals surface area contributed by atoms with Crippen molar-refractivity contribution in [3.05, 3.63) is 71.3 Å². The summed E-state index contributed by atoms with van der Waals surface area (Å²) < 4.78 is 0. The molecule has 3 rings (SSSR count). The maximum absolute atomic E-state index is 10.0. The molecule has 0 amide bonds. The molecule has 0 N–H and O–H groups in total. The number of carbonyl (C=O) groups excluding carboxylic acids is 1. The molecule has 0 saturated heterocycles. The van der Waals surface area contributed by atoms with Gasteiger partial charge in [-0.05, 0) is 17.5 Å². The Morgan fingerprint density at radius 2 is 1.67 bits per heavy atom. The summed E-state index contributed by atoms with van der Waals surface area (Å²) in [6.45, 7) is 0.955. The van der Waals surface area contributed by atoms with Crippen molar-refractivity contribution >= 4 is 12.5 Å². The van der Waals surface area contributed by atoms with Gasteiger partial charge in [-0.2, -0.15) is 0 Å². The zero-order valence-electron chi connectivity index (χ0n) is 10.1. The highest BCUT2D eigenvalue weighted by molar-refractivity contribution is 5.82. The van der Waals surface area contributed by atoms with Gasteiger partial charge in [-0.15, -0.1) is 0 Å². The van der Waals surface area contributed by atoms with Crippen LogP contribution in [-0.2, 0) is 6.42 Å². The van der Waals surface area contributed by atoms with Crippen molar-refractivity contribution in [1.82, 2.24) is 0 Å². The first-order chi connectivity index (χ1) is 8.90. The fourth-order valence-electron chi connectivity index (χ4n) is 1.77. The Morgan fingerprint density at radius 3 is 2.33 bits per heavy atom. The molecule has 1 aliphatic rings. The molecule has 2 nitrogen and oxygen atoms in total. The van der Waals surface area contributed by atoms with Gasteiger partial charge < -0.3 is 0 Å².